The van der Waals surface area contributed by atoms with Gasteiger partial charge in [0, 0.05) is 5.03 Å². The molecule has 0 rings (SSSR count). The number of hydrogen-bond acceptors (Lipinski definition) is 0. The summed E-state index contributed by atoms with van der Waals surface area (Å²) in [6.07, 6.45) is 2.65. The highest BCUT2D eigenvalue weighted by atomic mass is 35.5. The summed E-state index contributed by atoms with van der Waals surface area (Å²) in [5.74, 6) is 0. The lowest BCUT2D eigenvalue weighted by Crippen LogP contribution is -1.54. The van der Waals surface area contributed by atoms with Crippen molar-refractivity contribution in [3.05, 3.63) is 18.0 Å². The first-order valence-corrected chi connectivity index (χ1v) is 2.26. The highest BCUT2D eigenvalue weighted by Gasteiger charge is 1.70. The van der Waals surface area contributed by atoms with Crippen LogP contribution in [-0.4, -0.2) is 0 Å². The highest BCUT2D eigenvalue weighted by Crippen LogP contribution is 1.97. The van der Waals surface area contributed by atoms with Crippen molar-refractivity contribution in [2.75, 3.05) is 0 Å². The fraction of sp³-hybridized carbons (Fsp3) is 0.400. The van der Waals surface area contributed by atoms with Crippen molar-refractivity contribution in [1.82, 2.24) is 0 Å². The summed E-state index contributed by atoms with van der Waals surface area (Å²) in [4.78, 5) is 0. The van der Waals surface area contributed by atoms with Crippen molar-refractivity contribution in [2.45, 2.75) is 13.3 Å². The van der Waals surface area contributed by atoms with Crippen molar-refractivity contribution in [2.24, 2.45) is 0 Å². The van der Waals surface area contributed by atoms with Crippen LogP contribution < -0.4 is 0 Å². The fourth-order valence-electron chi connectivity index (χ4n) is 0.199. The average molecular weight is 104 g/mol. The lowest BCUT2D eigenvalue weighted by molar-refractivity contribution is 1.37. The Morgan fingerprint density at radius 3 is 2.50 bits per heavy atom. The van der Waals surface area contributed by atoms with E-state index in [0.717, 1.165) is 11.5 Å². The molecule has 0 N–H and O–H groups in total. The van der Waals surface area contributed by atoms with Crippen LogP contribution in [0.1, 0.15) is 13.3 Å². The van der Waals surface area contributed by atoms with Crippen LogP contribution >= 0.6 is 11.6 Å². The maximum absolute atomic E-state index is 5.40. The molecule has 0 aliphatic carbocycles. The van der Waals surface area contributed by atoms with E-state index in [0.29, 0.717) is 0 Å². The van der Waals surface area contributed by atoms with Crippen LogP contribution in [0.4, 0.5) is 0 Å². The molecule has 0 aromatic heterocycles. The van der Waals surface area contributed by atoms with E-state index < -0.39 is 0 Å². The van der Waals surface area contributed by atoms with Gasteiger partial charge in [-0.1, -0.05) is 17.7 Å². The van der Waals surface area contributed by atoms with Gasteiger partial charge in [0.05, 0.1) is 0 Å². The third kappa shape index (κ3) is 4.03. The molecule has 0 atom stereocenters. The summed E-state index contributed by atoms with van der Waals surface area (Å²) in [7, 11) is 0. The van der Waals surface area contributed by atoms with Gasteiger partial charge in [0.2, 0.25) is 0 Å². The van der Waals surface area contributed by atoms with E-state index in [1.165, 1.54) is 0 Å². The first-order valence-electron chi connectivity index (χ1n) is 1.89. The highest BCUT2D eigenvalue weighted by molar-refractivity contribution is 6.29. The number of hydrogen-bond donors (Lipinski definition) is 0. The molecule has 0 saturated carbocycles. The maximum Gasteiger partial charge on any atom is 0.0110 e. The Bertz CT molecular complexity index is 51.0. The van der Waals surface area contributed by atoms with E-state index in [1.54, 1.807) is 0 Å². The van der Waals surface area contributed by atoms with E-state index in [2.05, 4.69) is 6.92 Å². The Balaban J connectivity index is 3.14. The summed E-state index contributed by atoms with van der Waals surface area (Å²) in [6, 6.07) is 0. The van der Waals surface area contributed by atoms with Crippen LogP contribution in [-0.2, 0) is 0 Å². The van der Waals surface area contributed by atoms with Crippen molar-refractivity contribution in [1.29, 1.82) is 0 Å². The van der Waals surface area contributed by atoms with Gasteiger partial charge in [0.15, 0.2) is 0 Å². The van der Waals surface area contributed by atoms with Gasteiger partial charge < -0.3 is 0 Å². The maximum atomic E-state index is 5.40. The van der Waals surface area contributed by atoms with Crippen LogP contribution in [0.3, 0.4) is 0 Å². The molecule has 0 nitrogen and oxygen atoms in total. The van der Waals surface area contributed by atoms with Gasteiger partial charge in [-0.15, -0.1) is 0 Å². The molecule has 0 unspecified atom stereocenters. The SMILES string of the molecule is [CH2]C/C=C(/C)Cl. The van der Waals surface area contributed by atoms with Gasteiger partial charge in [-0.3, -0.25) is 0 Å². The lowest BCUT2D eigenvalue weighted by Gasteiger charge is -1.77. The molecule has 0 aliphatic heterocycles. The minimum Gasteiger partial charge on any atom is -0.0898 e. The molecule has 0 spiro atoms. The third-order valence-corrected chi connectivity index (χ3v) is 0.580. The van der Waals surface area contributed by atoms with Gasteiger partial charge in [-0.05, 0) is 20.3 Å². The Kier molecular flexibility index (Phi) is 3.24. The minimum absolute atomic E-state index is 0.787. The monoisotopic (exact) mass is 103 g/mol. The van der Waals surface area contributed by atoms with E-state index in [9.17, 15) is 0 Å². The largest absolute Gasteiger partial charge is 0.0898 e. The van der Waals surface area contributed by atoms with Gasteiger partial charge in [-0.25, -0.2) is 0 Å². The topological polar surface area (TPSA) is 0 Å². The van der Waals surface area contributed by atoms with Crippen LogP contribution in [0, 0.1) is 6.92 Å². The zero-order chi connectivity index (χ0) is 4.99. The molecule has 0 bridgehead atoms. The molecule has 0 saturated heterocycles. The van der Waals surface area contributed by atoms with Crippen molar-refractivity contribution in [3.63, 3.8) is 0 Å². The van der Waals surface area contributed by atoms with Gasteiger partial charge in [0.1, 0.15) is 0 Å². The Morgan fingerprint density at radius 2 is 2.50 bits per heavy atom. The molecule has 0 aliphatic rings. The van der Waals surface area contributed by atoms with Gasteiger partial charge >= 0.3 is 0 Å². The standard InChI is InChI=1S/C5H8Cl/c1-3-4-5(2)6/h4H,1,3H2,2H3/b5-4-. The summed E-state index contributed by atoms with van der Waals surface area (Å²) >= 11 is 5.40. The fourth-order valence-corrected chi connectivity index (χ4v) is 0.308. The summed E-state index contributed by atoms with van der Waals surface area (Å²) in [5, 5.41) is 0.824. The Labute approximate surface area is 43.8 Å². The Hall–Kier alpha value is 0.0300. The number of allylic oxidation sites excluding steroid dienone is 2. The lowest BCUT2D eigenvalue weighted by atomic mass is 10.4. The minimum atomic E-state index is 0.787. The second-order valence-corrected chi connectivity index (χ2v) is 1.68. The predicted molar refractivity (Wildman–Crippen MR) is 29.6 cm³/mol. The molecule has 0 amide bonds. The quantitative estimate of drug-likeness (QED) is 0.478. The van der Waals surface area contributed by atoms with Crippen LogP contribution in [0.2, 0.25) is 0 Å². The van der Waals surface area contributed by atoms with E-state index in [1.807, 2.05) is 13.0 Å². The molecule has 6 heavy (non-hydrogen) atoms. The summed E-state index contributed by atoms with van der Waals surface area (Å²) in [6.45, 7) is 5.41. The molecular formula is C5H8Cl. The zero-order valence-electron chi connectivity index (χ0n) is 3.87. The van der Waals surface area contributed by atoms with Crippen LogP contribution in [0.15, 0.2) is 11.1 Å². The smallest absolute Gasteiger partial charge is 0.0110 e. The molecule has 1 radical (unpaired) electrons. The number of halogens is 1. The van der Waals surface area contributed by atoms with Crippen LogP contribution in [0.5, 0.6) is 0 Å². The molecular weight excluding hydrogens is 95.5 g/mol. The summed E-state index contributed by atoms with van der Waals surface area (Å²) < 4.78 is 0. The molecule has 0 fully saturated rings. The molecule has 35 valence electrons. The van der Waals surface area contributed by atoms with Crippen molar-refractivity contribution < 1.29 is 0 Å². The van der Waals surface area contributed by atoms with Crippen molar-refractivity contribution in [3.8, 4) is 0 Å². The normalized spacial score (nSPS) is 12.2. The first kappa shape index (κ1) is 6.03. The first-order chi connectivity index (χ1) is 2.77. The average Bonchev–Trinajstić information content (AvgIpc) is 1.35. The molecule has 0 aromatic rings. The van der Waals surface area contributed by atoms with Crippen LogP contribution in [0.25, 0.3) is 0 Å². The molecule has 1 heteroatoms. The van der Waals surface area contributed by atoms with Crippen molar-refractivity contribution >= 4 is 11.6 Å². The van der Waals surface area contributed by atoms with E-state index in [-0.39, 0.29) is 0 Å². The zero-order valence-corrected chi connectivity index (χ0v) is 4.63. The van der Waals surface area contributed by atoms with E-state index in [4.69, 9.17) is 11.6 Å². The number of rotatable bonds is 1. The van der Waals surface area contributed by atoms with Gasteiger partial charge in [-0.2, -0.15) is 0 Å². The second-order valence-electron chi connectivity index (χ2n) is 1.08. The van der Waals surface area contributed by atoms with E-state index >= 15 is 0 Å². The third-order valence-electron chi connectivity index (χ3n) is 0.426. The summed E-state index contributed by atoms with van der Waals surface area (Å²) in [5.41, 5.74) is 0. The Morgan fingerprint density at radius 1 is 2.00 bits per heavy atom. The predicted octanol–water partition coefficient (Wildman–Crippen LogP) is 2.35. The molecule has 0 aromatic carbocycles. The second kappa shape index (κ2) is 3.23. The van der Waals surface area contributed by atoms with Gasteiger partial charge in [0.25, 0.3) is 0 Å². The molecule has 0 heterocycles.